The molecule has 5 aromatic rings. The standard InChI is InChI=1S/C38H27BrN4O2/c39-38-30-20-18-26(42-30)34(22-8-3-1-4-9-22)24-14-16-28(40-24)36(37-32(44)12-7-13-33(37)45)29-17-15-25(41-29)35(23-10-5-2-6-11-23)27-19-21-31(38)43-27/h1-6,8-11,14-21,37,42-43H,7,12-13H2. The molecule has 0 unspecified atom stereocenters. The van der Waals surface area contributed by atoms with Crippen LogP contribution in [-0.2, 0) is 9.59 Å². The highest BCUT2D eigenvalue weighted by Gasteiger charge is 2.35. The van der Waals surface area contributed by atoms with Crippen molar-refractivity contribution in [1.29, 1.82) is 0 Å². The van der Waals surface area contributed by atoms with Crippen molar-refractivity contribution in [3.05, 3.63) is 118 Å². The van der Waals surface area contributed by atoms with Crippen molar-refractivity contribution >= 4 is 73.9 Å². The van der Waals surface area contributed by atoms with E-state index in [4.69, 9.17) is 9.97 Å². The Morgan fingerprint density at radius 1 is 0.556 bits per heavy atom. The van der Waals surface area contributed by atoms with Gasteiger partial charge < -0.3 is 9.97 Å². The summed E-state index contributed by atoms with van der Waals surface area (Å²) in [7, 11) is 0. The molecule has 0 saturated heterocycles. The van der Waals surface area contributed by atoms with Gasteiger partial charge in [0.15, 0.2) is 0 Å². The van der Waals surface area contributed by atoms with Crippen molar-refractivity contribution in [3.63, 3.8) is 0 Å². The zero-order chi connectivity index (χ0) is 30.5. The maximum atomic E-state index is 13.4. The van der Waals surface area contributed by atoms with Crippen LogP contribution in [0.25, 0.3) is 68.6 Å². The van der Waals surface area contributed by atoms with Gasteiger partial charge in [0.25, 0.3) is 0 Å². The van der Waals surface area contributed by atoms with Gasteiger partial charge in [-0.15, -0.1) is 0 Å². The maximum Gasteiger partial charge on any atom is 0.147 e. The van der Waals surface area contributed by atoms with Crippen molar-refractivity contribution in [2.75, 3.05) is 0 Å². The second kappa shape index (κ2) is 11.1. The first-order valence-electron chi connectivity index (χ1n) is 15.0. The number of halogens is 1. The number of Topliss-reactive ketones (excluding diaryl/α,β-unsaturated/α-hetero) is 2. The summed E-state index contributed by atoms with van der Waals surface area (Å²) in [4.78, 5) is 44.4. The first-order valence-corrected chi connectivity index (χ1v) is 15.8. The van der Waals surface area contributed by atoms with Crippen LogP contribution in [0.3, 0.4) is 0 Å². The Morgan fingerprint density at radius 2 is 0.978 bits per heavy atom. The number of ketones is 2. The molecule has 7 heteroatoms. The van der Waals surface area contributed by atoms with E-state index in [1.54, 1.807) is 0 Å². The average Bonchev–Trinajstić information content (AvgIpc) is 3.89. The third-order valence-corrected chi connectivity index (χ3v) is 9.49. The Kier molecular flexibility index (Phi) is 6.76. The lowest BCUT2D eigenvalue weighted by atomic mass is 9.80. The molecule has 3 aromatic heterocycles. The SMILES string of the molecule is O=C1CCCC(=O)C1c1c2nc(c(-c3ccccc3)c3ccc([nH]3)c(Br)c3ccc([nH]3)c(-c3ccccc3)c3nc1C=C3)C=C2. The zero-order valence-corrected chi connectivity index (χ0v) is 25.8. The smallest absolute Gasteiger partial charge is 0.147 e. The number of aromatic nitrogens is 4. The first-order chi connectivity index (χ1) is 22.0. The summed E-state index contributed by atoms with van der Waals surface area (Å²) in [5, 5.41) is 0. The van der Waals surface area contributed by atoms with Crippen LogP contribution in [-0.4, -0.2) is 31.5 Å². The number of benzene rings is 2. The fourth-order valence-electron chi connectivity index (χ4n) is 6.53. The van der Waals surface area contributed by atoms with Gasteiger partial charge in [0.2, 0.25) is 0 Å². The molecule has 2 aromatic carbocycles. The maximum absolute atomic E-state index is 13.4. The van der Waals surface area contributed by atoms with Crippen LogP contribution in [0.1, 0.15) is 53.5 Å². The van der Waals surface area contributed by atoms with Gasteiger partial charge in [0.1, 0.15) is 17.5 Å². The summed E-state index contributed by atoms with van der Waals surface area (Å²) in [5.74, 6) is -1.05. The molecule has 0 radical (unpaired) electrons. The van der Waals surface area contributed by atoms with Gasteiger partial charge in [-0.25, -0.2) is 9.97 Å². The number of nitrogens with one attached hydrogen (secondary N) is 2. The Morgan fingerprint density at radius 3 is 1.44 bits per heavy atom. The minimum absolute atomic E-state index is 0.0762. The Labute approximate surface area is 267 Å². The molecule has 1 fully saturated rings. The molecular formula is C38H27BrN4O2. The van der Waals surface area contributed by atoms with E-state index in [9.17, 15) is 9.59 Å². The van der Waals surface area contributed by atoms with Crippen molar-refractivity contribution in [1.82, 2.24) is 19.9 Å². The molecule has 218 valence electrons. The van der Waals surface area contributed by atoms with E-state index < -0.39 is 5.92 Å². The number of H-pyrrole nitrogens is 2. The van der Waals surface area contributed by atoms with Crippen molar-refractivity contribution < 1.29 is 9.59 Å². The highest BCUT2D eigenvalue weighted by atomic mass is 79.9. The van der Waals surface area contributed by atoms with Gasteiger partial charge in [0.05, 0.1) is 38.3 Å². The average molecular weight is 652 g/mol. The molecule has 2 aliphatic heterocycles. The summed E-state index contributed by atoms with van der Waals surface area (Å²) in [5.41, 5.74) is 10.7. The second-order valence-corrected chi connectivity index (χ2v) is 12.2. The van der Waals surface area contributed by atoms with Gasteiger partial charge in [-0.3, -0.25) is 9.59 Å². The van der Waals surface area contributed by atoms with Crippen LogP contribution in [0, 0.1) is 0 Å². The fourth-order valence-corrected chi connectivity index (χ4v) is 6.99. The molecule has 45 heavy (non-hydrogen) atoms. The number of nitrogens with zero attached hydrogens (tertiary/aromatic N) is 2. The highest BCUT2D eigenvalue weighted by molar-refractivity contribution is 9.10. The number of aromatic amines is 2. The van der Waals surface area contributed by atoms with Crippen LogP contribution in [0.4, 0.5) is 0 Å². The molecule has 1 saturated carbocycles. The summed E-state index contributed by atoms with van der Waals surface area (Å²) in [6.45, 7) is 0. The number of fused-ring (bicyclic) bond motifs is 8. The Hall–Kier alpha value is -5.14. The van der Waals surface area contributed by atoms with Crippen LogP contribution >= 0.6 is 15.9 Å². The second-order valence-electron chi connectivity index (χ2n) is 11.4. The number of carbonyl (C=O) groups is 2. The molecule has 0 amide bonds. The van der Waals surface area contributed by atoms with Crippen LogP contribution in [0.15, 0.2) is 89.4 Å². The highest BCUT2D eigenvalue weighted by Crippen LogP contribution is 2.38. The molecule has 2 N–H and O–H groups in total. The fraction of sp³-hybridized carbons (Fsp3) is 0.105. The van der Waals surface area contributed by atoms with Crippen LogP contribution in [0.2, 0.25) is 0 Å². The van der Waals surface area contributed by atoms with Crippen molar-refractivity contribution in [2.24, 2.45) is 0 Å². The number of rotatable bonds is 3. The van der Waals surface area contributed by atoms with Gasteiger partial charge in [-0.1, -0.05) is 60.7 Å². The molecule has 0 spiro atoms. The summed E-state index contributed by atoms with van der Waals surface area (Å²) >= 11 is 3.85. The lowest BCUT2D eigenvalue weighted by Gasteiger charge is -2.20. The van der Waals surface area contributed by atoms with Gasteiger partial charge in [-0.2, -0.15) is 0 Å². The predicted molar refractivity (Wildman–Crippen MR) is 184 cm³/mol. The zero-order valence-electron chi connectivity index (χ0n) is 24.2. The van der Waals surface area contributed by atoms with Gasteiger partial charge in [0, 0.05) is 40.6 Å². The van der Waals surface area contributed by atoms with Crippen LogP contribution in [0.5, 0.6) is 0 Å². The molecule has 6 nitrogen and oxygen atoms in total. The minimum atomic E-state index is -0.900. The molecule has 8 rings (SSSR count). The third-order valence-electron chi connectivity index (χ3n) is 8.63. The van der Waals surface area contributed by atoms with E-state index in [1.807, 2.05) is 72.8 Å². The lowest BCUT2D eigenvalue weighted by molar-refractivity contribution is -0.131. The van der Waals surface area contributed by atoms with E-state index in [1.165, 1.54) is 0 Å². The monoisotopic (exact) mass is 650 g/mol. The minimum Gasteiger partial charge on any atom is -0.354 e. The van der Waals surface area contributed by atoms with E-state index in [-0.39, 0.29) is 11.6 Å². The van der Waals surface area contributed by atoms with Gasteiger partial charge >= 0.3 is 0 Å². The third kappa shape index (κ3) is 4.80. The number of carbonyl (C=O) groups excluding carboxylic acids is 2. The van der Waals surface area contributed by atoms with Crippen LogP contribution < -0.4 is 0 Å². The van der Waals surface area contributed by atoms with E-state index in [0.717, 1.165) is 60.2 Å². The first kappa shape index (κ1) is 27.4. The normalized spacial score (nSPS) is 14.8. The molecule has 1 aliphatic carbocycles. The molecule has 3 aliphatic rings. The van der Waals surface area contributed by atoms with Crippen molar-refractivity contribution in [2.45, 2.75) is 25.2 Å². The Balaban J connectivity index is 1.55. The Bertz CT molecular complexity index is 2090. The van der Waals surface area contributed by atoms with E-state index in [0.29, 0.717) is 36.2 Å². The van der Waals surface area contributed by atoms with E-state index in [2.05, 4.69) is 62.3 Å². The quantitative estimate of drug-likeness (QED) is 0.187. The lowest BCUT2D eigenvalue weighted by Crippen LogP contribution is -2.27. The van der Waals surface area contributed by atoms with Gasteiger partial charge in [-0.05, 0) is 82.0 Å². The molecule has 0 atom stereocenters. The molecule has 8 bridgehead atoms. The topological polar surface area (TPSA) is 91.5 Å². The largest absolute Gasteiger partial charge is 0.354 e. The summed E-state index contributed by atoms with van der Waals surface area (Å²) in [6.07, 6.45) is 9.08. The van der Waals surface area contributed by atoms with E-state index >= 15 is 0 Å². The van der Waals surface area contributed by atoms with Crippen molar-refractivity contribution in [3.8, 4) is 22.3 Å². The summed E-state index contributed by atoms with van der Waals surface area (Å²) < 4.78 is 0.893. The molecule has 5 heterocycles. The number of hydrogen-bond acceptors (Lipinski definition) is 4. The summed E-state index contributed by atoms with van der Waals surface area (Å²) in [6, 6.07) is 28.4. The molecular weight excluding hydrogens is 624 g/mol. The predicted octanol–water partition coefficient (Wildman–Crippen LogP) is 9.16. The number of hydrogen-bond donors (Lipinski definition) is 2.